The van der Waals surface area contributed by atoms with E-state index in [1.165, 1.54) is 0 Å². The van der Waals surface area contributed by atoms with Crippen LogP contribution in [0, 0.1) is 6.92 Å². The fourth-order valence-electron chi connectivity index (χ4n) is 1.34. The Kier molecular flexibility index (Phi) is 3.69. The van der Waals surface area contributed by atoms with Crippen LogP contribution in [0.1, 0.15) is 30.9 Å². The maximum atomic E-state index is 11.7. The van der Waals surface area contributed by atoms with E-state index in [4.69, 9.17) is 0 Å². The van der Waals surface area contributed by atoms with E-state index in [9.17, 15) is 4.79 Å². The average molecular weight is 176 g/mol. The summed E-state index contributed by atoms with van der Waals surface area (Å²) in [7, 11) is 0. The lowest BCUT2D eigenvalue weighted by atomic mass is 10.1. The Hall–Kier alpha value is -1.11. The van der Waals surface area contributed by atoms with E-state index in [1.54, 1.807) is 0 Å². The second-order valence-corrected chi connectivity index (χ2v) is 3.36. The van der Waals surface area contributed by atoms with Gasteiger partial charge in [-0.2, -0.15) is 0 Å². The molecule has 0 atom stereocenters. The zero-order valence-corrected chi connectivity index (χ0v) is 8.34. The van der Waals surface area contributed by atoms with E-state index in [-0.39, 0.29) is 5.43 Å². The average Bonchev–Trinajstić information content (AvgIpc) is 2.28. The van der Waals surface area contributed by atoms with Gasteiger partial charge in [-0.1, -0.05) is 37.6 Å². The molecule has 0 aliphatic rings. The SMILES string of the molecule is CCCCc1ccccc(C)c1=O. The highest BCUT2D eigenvalue weighted by Crippen LogP contribution is 2.00. The minimum Gasteiger partial charge on any atom is -0.289 e. The topological polar surface area (TPSA) is 17.1 Å². The van der Waals surface area contributed by atoms with Crippen LogP contribution in [0.25, 0.3) is 0 Å². The fourth-order valence-corrected chi connectivity index (χ4v) is 1.34. The standard InChI is InChI=1S/C12H16O/c1-3-4-8-11-9-6-5-7-10(2)12(11)13/h5-7,9H,3-4,8H2,1-2H3. The van der Waals surface area contributed by atoms with Gasteiger partial charge in [0.15, 0.2) is 5.43 Å². The Morgan fingerprint density at radius 1 is 1.23 bits per heavy atom. The Morgan fingerprint density at radius 3 is 2.62 bits per heavy atom. The Labute approximate surface area is 79.4 Å². The zero-order chi connectivity index (χ0) is 9.68. The molecule has 0 spiro atoms. The number of hydrogen-bond acceptors (Lipinski definition) is 1. The van der Waals surface area contributed by atoms with Crippen LogP contribution in [0.3, 0.4) is 0 Å². The molecule has 0 saturated heterocycles. The van der Waals surface area contributed by atoms with Crippen LogP contribution in [0.2, 0.25) is 0 Å². The third-order valence-electron chi connectivity index (χ3n) is 2.20. The number of unbranched alkanes of at least 4 members (excludes halogenated alkanes) is 1. The minimum absolute atomic E-state index is 0.207. The van der Waals surface area contributed by atoms with Crippen LogP contribution in [-0.4, -0.2) is 0 Å². The van der Waals surface area contributed by atoms with Gasteiger partial charge in [-0.25, -0.2) is 0 Å². The summed E-state index contributed by atoms with van der Waals surface area (Å²) in [5.41, 5.74) is 2.00. The summed E-state index contributed by atoms with van der Waals surface area (Å²) in [5, 5.41) is 0. The predicted molar refractivity (Wildman–Crippen MR) is 56.1 cm³/mol. The van der Waals surface area contributed by atoms with Crippen molar-refractivity contribution >= 4 is 0 Å². The van der Waals surface area contributed by atoms with Gasteiger partial charge >= 0.3 is 0 Å². The van der Waals surface area contributed by atoms with Gasteiger partial charge in [0.2, 0.25) is 0 Å². The van der Waals surface area contributed by atoms with Crippen molar-refractivity contribution in [2.45, 2.75) is 33.1 Å². The monoisotopic (exact) mass is 176 g/mol. The summed E-state index contributed by atoms with van der Waals surface area (Å²) in [6, 6.07) is 7.67. The summed E-state index contributed by atoms with van der Waals surface area (Å²) in [6.07, 6.45) is 3.14. The van der Waals surface area contributed by atoms with Crippen LogP contribution in [0.15, 0.2) is 29.1 Å². The molecule has 0 amide bonds. The largest absolute Gasteiger partial charge is 0.289 e. The summed E-state index contributed by atoms with van der Waals surface area (Å²) in [5.74, 6) is 0. The van der Waals surface area contributed by atoms with Crippen molar-refractivity contribution in [1.29, 1.82) is 0 Å². The Bertz CT molecular complexity index is 328. The lowest BCUT2D eigenvalue weighted by Crippen LogP contribution is -2.08. The molecule has 0 bridgehead atoms. The zero-order valence-electron chi connectivity index (χ0n) is 8.34. The van der Waals surface area contributed by atoms with Gasteiger partial charge < -0.3 is 0 Å². The molecule has 0 aromatic heterocycles. The number of hydrogen-bond donors (Lipinski definition) is 0. The molecule has 1 nitrogen and oxygen atoms in total. The third-order valence-corrected chi connectivity index (χ3v) is 2.20. The summed E-state index contributed by atoms with van der Waals surface area (Å²) in [4.78, 5) is 11.7. The van der Waals surface area contributed by atoms with Crippen molar-refractivity contribution in [3.8, 4) is 0 Å². The summed E-state index contributed by atoms with van der Waals surface area (Å²) < 4.78 is 0. The molecule has 0 aliphatic heterocycles. The first-order chi connectivity index (χ1) is 6.25. The quantitative estimate of drug-likeness (QED) is 0.692. The second kappa shape index (κ2) is 4.80. The lowest BCUT2D eigenvalue weighted by molar-refractivity contribution is 0.791. The molecule has 0 N–H and O–H groups in total. The summed E-state index contributed by atoms with van der Waals surface area (Å²) in [6.45, 7) is 4.01. The van der Waals surface area contributed by atoms with Crippen molar-refractivity contribution in [3.05, 3.63) is 45.6 Å². The maximum absolute atomic E-state index is 11.7. The molecule has 1 aromatic rings. The minimum atomic E-state index is 0.207. The van der Waals surface area contributed by atoms with Gasteiger partial charge in [0.25, 0.3) is 0 Å². The molecule has 0 heterocycles. The first-order valence-electron chi connectivity index (χ1n) is 4.84. The third kappa shape index (κ3) is 2.69. The Morgan fingerprint density at radius 2 is 1.92 bits per heavy atom. The molecule has 1 aromatic carbocycles. The molecule has 70 valence electrons. The molecule has 1 rings (SSSR count). The van der Waals surface area contributed by atoms with Crippen LogP contribution < -0.4 is 5.43 Å². The van der Waals surface area contributed by atoms with Crippen molar-refractivity contribution in [1.82, 2.24) is 0 Å². The van der Waals surface area contributed by atoms with Gasteiger partial charge in [0.1, 0.15) is 0 Å². The maximum Gasteiger partial charge on any atom is 0.184 e. The molecule has 0 fully saturated rings. The highest BCUT2D eigenvalue weighted by molar-refractivity contribution is 5.21. The van der Waals surface area contributed by atoms with Crippen molar-refractivity contribution in [3.63, 3.8) is 0 Å². The van der Waals surface area contributed by atoms with E-state index in [2.05, 4.69) is 6.92 Å². The second-order valence-electron chi connectivity index (χ2n) is 3.36. The molecule has 13 heavy (non-hydrogen) atoms. The van der Waals surface area contributed by atoms with Crippen LogP contribution in [0.4, 0.5) is 0 Å². The van der Waals surface area contributed by atoms with E-state index in [0.29, 0.717) is 0 Å². The molecule has 0 saturated carbocycles. The molecular weight excluding hydrogens is 160 g/mol. The normalized spacial score (nSPS) is 10.0. The Balaban J connectivity index is 3.02. The molecular formula is C12H16O. The van der Waals surface area contributed by atoms with Crippen LogP contribution in [-0.2, 0) is 6.42 Å². The molecule has 0 unspecified atom stereocenters. The van der Waals surface area contributed by atoms with Crippen LogP contribution in [0.5, 0.6) is 0 Å². The number of aryl methyl sites for hydroxylation is 2. The predicted octanol–water partition coefficient (Wildman–Crippen LogP) is 2.70. The highest BCUT2D eigenvalue weighted by atomic mass is 16.1. The van der Waals surface area contributed by atoms with Gasteiger partial charge in [-0.05, 0) is 30.9 Å². The molecule has 1 heteroatoms. The molecule has 0 radical (unpaired) electrons. The fraction of sp³-hybridized carbons (Fsp3) is 0.417. The van der Waals surface area contributed by atoms with Crippen molar-refractivity contribution in [2.24, 2.45) is 0 Å². The van der Waals surface area contributed by atoms with Gasteiger partial charge in [0, 0.05) is 0 Å². The first kappa shape index (κ1) is 9.97. The van der Waals surface area contributed by atoms with E-state index in [1.807, 2.05) is 31.2 Å². The van der Waals surface area contributed by atoms with Gasteiger partial charge in [-0.3, -0.25) is 4.79 Å². The lowest BCUT2D eigenvalue weighted by Gasteiger charge is -1.94. The highest BCUT2D eigenvalue weighted by Gasteiger charge is 1.98. The van der Waals surface area contributed by atoms with E-state index < -0.39 is 0 Å². The summed E-state index contributed by atoms with van der Waals surface area (Å²) >= 11 is 0. The van der Waals surface area contributed by atoms with Gasteiger partial charge in [-0.15, -0.1) is 0 Å². The van der Waals surface area contributed by atoms with Gasteiger partial charge in [0.05, 0.1) is 0 Å². The molecule has 0 aliphatic carbocycles. The van der Waals surface area contributed by atoms with Crippen molar-refractivity contribution < 1.29 is 0 Å². The smallest absolute Gasteiger partial charge is 0.184 e. The first-order valence-corrected chi connectivity index (χ1v) is 4.84. The van der Waals surface area contributed by atoms with E-state index in [0.717, 1.165) is 30.4 Å². The number of rotatable bonds is 3. The van der Waals surface area contributed by atoms with E-state index >= 15 is 0 Å². The van der Waals surface area contributed by atoms with Crippen molar-refractivity contribution in [2.75, 3.05) is 0 Å². The van der Waals surface area contributed by atoms with Crippen LogP contribution >= 0.6 is 0 Å².